The zero-order valence-electron chi connectivity index (χ0n) is 14.9. The molecule has 0 unspecified atom stereocenters. The molecule has 0 bridgehead atoms. The lowest BCUT2D eigenvalue weighted by molar-refractivity contribution is 0.196. The minimum atomic E-state index is -1.12. The molecule has 28 heavy (non-hydrogen) atoms. The van der Waals surface area contributed by atoms with Gasteiger partial charge < -0.3 is 15.6 Å². The number of nitrogens with zero attached hydrogens (tertiary/aromatic N) is 3. The summed E-state index contributed by atoms with van der Waals surface area (Å²) in [6.07, 6.45) is 2.23. The quantitative estimate of drug-likeness (QED) is 0.668. The van der Waals surface area contributed by atoms with Crippen molar-refractivity contribution in [3.05, 3.63) is 40.9 Å². The van der Waals surface area contributed by atoms with Crippen LogP contribution in [-0.2, 0) is 6.42 Å². The van der Waals surface area contributed by atoms with Crippen molar-refractivity contribution in [3.63, 3.8) is 0 Å². The third-order valence-electron chi connectivity index (χ3n) is 4.75. The van der Waals surface area contributed by atoms with Crippen LogP contribution in [0.25, 0.3) is 21.9 Å². The summed E-state index contributed by atoms with van der Waals surface area (Å²) in [5, 5.41) is 10.6. The van der Waals surface area contributed by atoms with Crippen molar-refractivity contribution in [2.75, 3.05) is 23.8 Å². The first-order chi connectivity index (χ1) is 13.4. The van der Waals surface area contributed by atoms with E-state index in [0.717, 1.165) is 0 Å². The molecular weight excluding hydrogens is 387 g/mol. The number of pyridine rings is 2. The number of ether oxygens (including phenoxy) is 1. The van der Waals surface area contributed by atoms with E-state index in [4.69, 9.17) is 22.1 Å². The third kappa shape index (κ3) is 2.77. The van der Waals surface area contributed by atoms with Crippen LogP contribution in [0.1, 0.15) is 12.5 Å². The topological polar surface area (TPSA) is 102 Å². The van der Waals surface area contributed by atoms with Crippen molar-refractivity contribution in [2.24, 2.45) is 0 Å². The van der Waals surface area contributed by atoms with Gasteiger partial charge in [0.05, 0.1) is 11.6 Å². The maximum atomic E-state index is 15.1. The Balaban J connectivity index is 2.01. The molecule has 1 amide bonds. The molecule has 3 heterocycles. The first-order valence-corrected chi connectivity index (χ1v) is 8.98. The Hall–Kier alpha value is -3.13. The van der Waals surface area contributed by atoms with Gasteiger partial charge in [0.2, 0.25) is 5.88 Å². The van der Waals surface area contributed by atoms with Gasteiger partial charge in [0.15, 0.2) is 0 Å². The van der Waals surface area contributed by atoms with Crippen LogP contribution in [0.15, 0.2) is 24.5 Å². The molecule has 3 N–H and O–H groups in total. The Kier molecular flexibility index (Phi) is 4.43. The summed E-state index contributed by atoms with van der Waals surface area (Å²) >= 11 is 6.25. The lowest BCUT2D eigenvalue weighted by atomic mass is 9.95. The summed E-state index contributed by atoms with van der Waals surface area (Å²) in [5.74, 6) is -0.128. The minimum absolute atomic E-state index is 0.0777. The average molecular weight is 403 g/mol. The molecule has 9 heteroatoms. The molecule has 0 aliphatic carbocycles. The van der Waals surface area contributed by atoms with Gasteiger partial charge in [-0.3, -0.25) is 4.90 Å². The monoisotopic (exact) mass is 402 g/mol. The van der Waals surface area contributed by atoms with Crippen molar-refractivity contribution >= 4 is 40.0 Å². The second-order valence-electron chi connectivity index (χ2n) is 6.32. The fourth-order valence-electron chi connectivity index (χ4n) is 3.47. The molecule has 3 aromatic rings. The van der Waals surface area contributed by atoms with Crippen LogP contribution in [0.2, 0.25) is 5.02 Å². The summed E-state index contributed by atoms with van der Waals surface area (Å²) in [4.78, 5) is 21.1. The van der Waals surface area contributed by atoms with Gasteiger partial charge in [0, 0.05) is 28.9 Å². The number of aromatic nitrogens is 2. The van der Waals surface area contributed by atoms with E-state index in [2.05, 4.69) is 9.97 Å². The number of nitrogen functional groups attached to an aromatic ring is 1. The average Bonchev–Trinajstić information content (AvgIpc) is 2.69. The van der Waals surface area contributed by atoms with Crippen molar-refractivity contribution in [2.45, 2.75) is 13.3 Å². The van der Waals surface area contributed by atoms with Crippen molar-refractivity contribution < 1.29 is 19.0 Å². The fraction of sp³-hybridized carbons (Fsp3) is 0.211. The highest BCUT2D eigenvalue weighted by atomic mass is 35.5. The van der Waals surface area contributed by atoms with E-state index in [1.807, 2.05) is 6.92 Å². The first-order valence-electron chi connectivity index (χ1n) is 8.61. The van der Waals surface area contributed by atoms with Gasteiger partial charge in [-0.2, -0.15) is 0 Å². The molecule has 0 radical (unpaired) electrons. The molecule has 0 fully saturated rings. The van der Waals surface area contributed by atoms with Gasteiger partial charge in [-0.1, -0.05) is 18.5 Å². The molecule has 1 aliphatic heterocycles. The number of nitrogens with two attached hydrogens (primary N) is 1. The zero-order valence-corrected chi connectivity index (χ0v) is 15.6. The van der Waals surface area contributed by atoms with Crippen molar-refractivity contribution in [1.29, 1.82) is 0 Å². The van der Waals surface area contributed by atoms with Crippen LogP contribution in [0.3, 0.4) is 0 Å². The van der Waals surface area contributed by atoms with Crippen molar-refractivity contribution in [3.8, 4) is 17.0 Å². The van der Waals surface area contributed by atoms with Crippen LogP contribution < -0.4 is 15.4 Å². The van der Waals surface area contributed by atoms with Crippen molar-refractivity contribution in [1.82, 2.24) is 9.97 Å². The Morgan fingerprint density at radius 1 is 1.36 bits per heavy atom. The highest BCUT2D eigenvalue weighted by Gasteiger charge is 2.29. The molecule has 2 aromatic heterocycles. The van der Waals surface area contributed by atoms with E-state index >= 15 is 4.39 Å². The largest absolute Gasteiger partial charge is 0.474 e. The van der Waals surface area contributed by atoms with Gasteiger partial charge in [-0.25, -0.2) is 19.2 Å². The normalized spacial score (nSPS) is 13.3. The molecule has 4 rings (SSSR count). The Labute approximate surface area is 164 Å². The second-order valence-corrected chi connectivity index (χ2v) is 6.70. The second kappa shape index (κ2) is 6.79. The maximum Gasteiger partial charge on any atom is 0.412 e. The third-order valence-corrected chi connectivity index (χ3v) is 5.11. The number of anilines is 2. The summed E-state index contributed by atoms with van der Waals surface area (Å²) in [6, 6.07) is 3.22. The van der Waals surface area contributed by atoms with Gasteiger partial charge in [0.1, 0.15) is 23.9 Å². The van der Waals surface area contributed by atoms with Gasteiger partial charge in [0.25, 0.3) is 0 Å². The molecule has 0 spiro atoms. The number of hydrogen-bond donors (Lipinski definition) is 2. The minimum Gasteiger partial charge on any atom is -0.474 e. The standard InChI is InChI=1S/C19H16ClFN4O3/c1-2-10-13(8-24-18-17(10)25(19(26)27)3-4-28-18)11-5-9-6-14(22)23-7-12(9)15(20)16(11)21/h5-8H,2-4H2,1H3,(H2,22,23)(H,26,27). The van der Waals surface area contributed by atoms with E-state index in [1.165, 1.54) is 17.3 Å². The number of fused-ring (bicyclic) bond motifs is 2. The highest BCUT2D eigenvalue weighted by Crippen LogP contribution is 2.42. The summed E-state index contributed by atoms with van der Waals surface area (Å²) in [5.41, 5.74) is 7.37. The first kappa shape index (κ1) is 18.2. The fourth-order valence-corrected chi connectivity index (χ4v) is 3.73. The summed E-state index contributed by atoms with van der Waals surface area (Å²) < 4.78 is 20.7. The SMILES string of the molecule is CCc1c(-c2cc3cc(N)ncc3c(Cl)c2F)cnc2c1N(C(=O)O)CCO2. The van der Waals surface area contributed by atoms with E-state index in [0.29, 0.717) is 34.0 Å². The lowest BCUT2D eigenvalue weighted by Gasteiger charge is -2.29. The van der Waals surface area contributed by atoms with E-state index in [-0.39, 0.29) is 35.4 Å². The summed E-state index contributed by atoms with van der Waals surface area (Å²) in [7, 11) is 0. The van der Waals surface area contributed by atoms with Crippen LogP contribution in [0.5, 0.6) is 5.88 Å². The Morgan fingerprint density at radius 2 is 2.14 bits per heavy atom. The number of halogens is 2. The smallest absolute Gasteiger partial charge is 0.412 e. The van der Waals surface area contributed by atoms with Crippen LogP contribution in [-0.4, -0.2) is 34.3 Å². The van der Waals surface area contributed by atoms with Crippen LogP contribution in [0.4, 0.5) is 20.7 Å². The number of hydrogen-bond acceptors (Lipinski definition) is 5. The van der Waals surface area contributed by atoms with E-state index in [9.17, 15) is 9.90 Å². The zero-order chi connectivity index (χ0) is 20.0. The predicted octanol–water partition coefficient (Wildman–Crippen LogP) is 4.11. The van der Waals surface area contributed by atoms with Crippen LogP contribution in [0, 0.1) is 5.82 Å². The Bertz CT molecular complexity index is 1120. The number of amides is 1. The van der Waals surface area contributed by atoms with Gasteiger partial charge in [-0.05, 0) is 29.5 Å². The molecule has 0 saturated heterocycles. The molecule has 0 saturated carbocycles. The van der Waals surface area contributed by atoms with Gasteiger partial charge in [-0.15, -0.1) is 0 Å². The van der Waals surface area contributed by atoms with Gasteiger partial charge >= 0.3 is 6.09 Å². The molecule has 0 atom stereocenters. The number of carboxylic acid groups (broad SMARTS) is 1. The molecule has 1 aliphatic rings. The number of rotatable bonds is 2. The van der Waals surface area contributed by atoms with E-state index < -0.39 is 11.9 Å². The predicted molar refractivity (Wildman–Crippen MR) is 105 cm³/mol. The molecule has 144 valence electrons. The molecular formula is C19H16ClFN4O3. The summed E-state index contributed by atoms with van der Waals surface area (Å²) in [6.45, 7) is 2.23. The van der Waals surface area contributed by atoms with Crippen LogP contribution >= 0.6 is 11.6 Å². The maximum absolute atomic E-state index is 15.1. The number of benzene rings is 1. The highest BCUT2D eigenvalue weighted by molar-refractivity contribution is 6.36. The van der Waals surface area contributed by atoms with E-state index in [1.54, 1.807) is 12.1 Å². The number of carbonyl (C=O) groups is 1. The lowest BCUT2D eigenvalue weighted by Crippen LogP contribution is -2.38. The Morgan fingerprint density at radius 3 is 2.86 bits per heavy atom. The molecule has 1 aromatic carbocycles. The molecule has 7 nitrogen and oxygen atoms in total.